The number of hydrogen-bond acceptors (Lipinski definition) is 7. The van der Waals surface area contributed by atoms with Gasteiger partial charge in [-0.1, -0.05) is 11.6 Å². The van der Waals surface area contributed by atoms with Crippen molar-refractivity contribution < 1.29 is 33.7 Å². The molecule has 3 N–H and O–H groups in total. The number of Topliss-reactive ketones (excluding diaryl/α,β-unsaturated/α-hetero) is 1. The minimum absolute atomic E-state index is 0.0112. The minimum Gasteiger partial charge on any atom is -0.493 e. The Morgan fingerprint density at radius 3 is 2.41 bits per heavy atom. The molecule has 2 aromatic carbocycles. The van der Waals surface area contributed by atoms with Crippen molar-refractivity contribution >= 4 is 23.3 Å². The summed E-state index contributed by atoms with van der Waals surface area (Å²) in [4.78, 5) is 29.7. The number of benzene rings is 2. The molecule has 1 unspecified atom stereocenters. The molecule has 0 bridgehead atoms. The fourth-order valence-electron chi connectivity index (χ4n) is 4.28. The van der Waals surface area contributed by atoms with Crippen LogP contribution in [-0.2, 0) is 15.9 Å². The molecule has 0 saturated carbocycles. The van der Waals surface area contributed by atoms with Gasteiger partial charge in [-0.25, -0.2) is 9.37 Å². The third-order valence-corrected chi connectivity index (χ3v) is 6.90. The standard InChI is InChI=1S/C31H36ClFN2O6/c1-18(36)17-41-27-10-8-21(14-28(27)40-6)26(38)11-12-31(5,39)29-16-22(30(3,4)35-19(2)37)15-25(34-29)20-7-9-24(33)23(32)13-20/h7-10,13-16,18,36,39H,11-12,17H2,1-6H3,(H,35,37)/t18-,31?/m1/s1. The van der Waals surface area contributed by atoms with E-state index in [2.05, 4.69) is 10.3 Å². The number of amides is 1. The molecule has 0 spiro atoms. The van der Waals surface area contributed by atoms with Gasteiger partial charge in [0, 0.05) is 24.5 Å². The number of carbonyl (C=O) groups is 2. The van der Waals surface area contributed by atoms with Gasteiger partial charge in [0.1, 0.15) is 18.0 Å². The zero-order valence-electron chi connectivity index (χ0n) is 24.0. The highest BCUT2D eigenvalue weighted by atomic mass is 35.5. The van der Waals surface area contributed by atoms with Crippen molar-refractivity contribution in [2.45, 2.75) is 64.7 Å². The summed E-state index contributed by atoms with van der Waals surface area (Å²) >= 11 is 6.02. The van der Waals surface area contributed by atoms with Gasteiger partial charge in [-0.05, 0) is 88.2 Å². The molecule has 1 heterocycles. The van der Waals surface area contributed by atoms with Crippen LogP contribution in [-0.4, -0.2) is 46.7 Å². The van der Waals surface area contributed by atoms with Crippen LogP contribution in [0.1, 0.15) is 69.1 Å². The third-order valence-electron chi connectivity index (χ3n) is 6.61. The first-order chi connectivity index (χ1) is 19.1. The number of rotatable bonds is 12. The maximum atomic E-state index is 13.9. The van der Waals surface area contributed by atoms with Gasteiger partial charge >= 0.3 is 0 Å². The van der Waals surface area contributed by atoms with Crippen molar-refractivity contribution in [1.82, 2.24) is 10.3 Å². The van der Waals surface area contributed by atoms with Crippen LogP contribution in [0.15, 0.2) is 48.5 Å². The van der Waals surface area contributed by atoms with Gasteiger partial charge in [-0.2, -0.15) is 0 Å². The van der Waals surface area contributed by atoms with Crippen LogP contribution in [0.25, 0.3) is 11.3 Å². The summed E-state index contributed by atoms with van der Waals surface area (Å²) in [7, 11) is 1.45. The Kier molecular flexibility index (Phi) is 10.1. The summed E-state index contributed by atoms with van der Waals surface area (Å²) in [6.07, 6.45) is -0.641. The van der Waals surface area contributed by atoms with E-state index in [0.717, 1.165) is 0 Å². The second-order valence-electron chi connectivity index (χ2n) is 10.8. The number of ketones is 1. The Morgan fingerprint density at radius 2 is 1.80 bits per heavy atom. The van der Waals surface area contributed by atoms with Gasteiger partial charge in [-0.15, -0.1) is 0 Å². The number of ether oxygens (including phenoxy) is 2. The summed E-state index contributed by atoms with van der Waals surface area (Å²) < 4.78 is 24.7. The summed E-state index contributed by atoms with van der Waals surface area (Å²) in [5.41, 5.74) is -0.133. The fraction of sp³-hybridized carbons (Fsp3) is 0.387. The first-order valence-electron chi connectivity index (χ1n) is 13.1. The second kappa shape index (κ2) is 13.0. The van der Waals surface area contributed by atoms with Gasteiger partial charge in [0.05, 0.1) is 35.2 Å². The molecule has 0 saturated heterocycles. The molecule has 1 amide bonds. The molecule has 0 radical (unpaired) electrons. The number of carbonyl (C=O) groups excluding carboxylic acids is 2. The van der Waals surface area contributed by atoms with Crippen molar-refractivity contribution in [1.29, 1.82) is 0 Å². The Bertz CT molecular complexity index is 1420. The van der Waals surface area contributed by atoms with E-state index in [4.69, 9.17) is 21.1 Å². The lowest BCUT2D eigenvalue weighted by Gasteiger charge is -2.30. The molecule has 1 aromatic heterocycles. The lowest BCUT2D eigenvalue weighted by Crippen LogP contribution is -2.40. The smallest absolute Gasteiger partial charge is 0.217 e. The number of hydrogen-bond donors (Lipinski definition) is 3. The maximum Gasteiger partial charge on any atom is 0.217 e. The largest absolute Gasteiger partial charge is 0.493 e. The molecule has 8 nitrogen and oxygen atoms in total. The zero-order valence-corrected chi connectivity index (χ0v) is 24.8. The van der Waals surface area contributed by atoms with E-state index in [1.54, 1.807) is 44.2 Å². The SMILES string of the molecule is COc1cc(C(=O)CCC(C)(O)c2cc(C(C)(C)NC(C)=O)cc(-c3ccc(F)c(Cl)c3)n2)ccc1OC[C@@H](C)O. The lowest BCUT2D eigenvalue weighted by atomic mass is 9.87. The number of aromatic nitrogens is 1. The average Bonchev–Trinajstić information content (AvgIpc) is 2.91. The second-order valence-corrected chi connectivity index (χ2v) is 11.2. The Hall–Kier alpha value is -3.53. The summed E-state index contributed by atoms with van der Waals surface area (Å²) in [5.74, 6) is -0.301. The zero-order chi connectivity index (χ0) is 30.5. The van der Waals surface area contributed by atoms with Crippen LogP contribution < -0.4 is 14.8 Å². The number of methoxy groups -OCH3 is 1. The highest BCUT2D eigenvalue weighted by Crippen LogP contribution is 2.34. The predicted octanol–water partition coefficient (Wildman–Crippen LogP) is 5.55. The molecular weight excluding hydrogens is 551 g/mol. The van der Waals surface area contributed by atoms with Gasteiger partial charge < -0.3 is 25.0 Å². The molecule has 0 aliphatic rings. The van der Waals surface area contributed by atoms with Crippen LogP contribution in [0.5, 0.6) is 11.5 Å². The van der Waals surface area contributed by atoms with Crippen LogP contribution in [0.2, 0.25) is 5.02 Å². The summed E-state index contributed by atoms with van der Waals surface area (Å²) in [6.45, 7) is 8.27. The molecule has 0 fully saturated rings. The van der Waals surface area contributed by atoms with Crippen molar-refractivity contribution in [3.8, 4) is 22.8 Å². The summed E-state index contributed by atoms with van der Waals surface area (Å²) in [5, 5.41) is 23.8. The number of aliphatic hydroxyl groups is 2. The molecule has 2 atom stereocenters. The van der Waals surface area contributed by atoms with E-state index in [1.807, 2.05) is 13.8 Å². The number of nitrogens with one attached hydrogen (secondary N) is 1. The molecule has 41 heavy (non-hydrogen) atoms. The molecule has 0 aliphatic heterocycles. The number of nitrogens with zero attached hydrogens (tertiary/aromatic N) is 1. The van der Waals surface area contributed by atoms with Gasteiger partial charge in [0.25, 0.3) is 0 Å². The minimum atomic E-state index is -1.54. The van der Waals surface area contributed by atoms with Crippen LogP contribution in [0.4, 0.5) is 4.39 Å². The number of pyridine rings is 1. The fourth-order valence-corrected chi connectivity index (χ4v) is 4.46. The van der Waals surface area contributed by atoms with Crippen LogP contribution >= 0.6 is 11.6 Å². The van der Waals surface area contributed by atoms with Crippen molar-refractivity contribution in [3.63, 3.8) is 0 Å². The molecular formula is C31H36ClFN2O6. The number of halogens is 2. The highest BCUT2D eigenvalue weighted by molar-refractivity contribution is 6.31. The first-order valence-corrected chi connectivity index (χ1v) is 13.5. The molecule has 220 valence electrons. The quantitative estimate of drug-likeness (QED) is 0.238. The molecule has 10 heteroatoms. The van der Waals surface area contributed by atoms with Crippen molar-refractivity contribution in [2.75, 3.05) is 13.7 Å². The topological polar surface area (TPSA) is 118 Å². The number of aliphatic hydroxyl groups excluding tert-OH is 1. The molecule has 3 aromatic rings. The van der Waals surface area contributed by atoms with E-state index < -0.39 is 23.1 Å². The van der Waals surface area contributed by atoms with Crippen molar-refractivity contribution in [3.05, 3.63) is 76.2 Å². The maximum absolute atomic E-state index is 13.9. The first kappa shape index (κ1) is 32.0. The van der Waals surface area contributed by atoms with E-state index in [0.29, 0.717) is 33.9 Å². The Morgan fingerprint density at radius 1 is 1.10 bits per heavy atom. The summed E-state index contributed by atoms with van der Waals surface area (Å²) in [6, 6.07) is 12.4. The van der Waals surface area contributed by atoms with E-state index in [1.165, 1.54) is 32.2 Å². The normalized spacial score (nSPS) is 13.7. The monoisotopic (exact) mass is 586 g/mol. The Labute approximate surface area is 244 Å². The van der Waals surface area contributed by atoms with E-state index in [9.17, 15) is 24.2 Å². The van der Waals surface area contributed by atoms with Gasteiger partial charge in [0.2, 0.25) is 5.91 Å². The lowest BCUT2D eigenvalue weighted by molar-refractivity contribution is -0.120. The highest BCUT2D eigenvalue weighted by Gasteiger charge is 2.30. The average molecular weight is 587 g/mol. The third kappa shape index (κ3) is 8.25. The molecule has 0 aliphatic carbocycles. The van der Waals surface area contributed by atoms with E-state index in [-0.39, 0.29) is 41.9 Å². The van der Waals surface area contributed by atoms with Gasteiger partial charge in [-0.3, -0.25) is 9.59 Å². The van der Waals surface area contributed by atoms with Crippen LogP contribution in [0.3, 0.4) is 0 Å². The Balaban J connectivity index is 1.92. The van der Waals surface area contributed by atoms with Crippen LogP contribution in [0, 0.1) is 5.82 Å². The van der Waals surface area contributed by atoms with Crippen molar-refractivity contribution in [2.24, 2.45) is 0 Å². The van der Waals surface area contributed by atoms with Gasteiger partial charge in [0.15, 0.2) is 17.3 Å². The molecule has 3 rings (SSSR count). The van der Waals surface area contributed by atoms with E-state index >= 15 is 0 Å². The predicted molar refractivity (Wildman–Crippen MR) is 155 cm³/mol.